The van der Waals surface area contributed by atoms with Crippen LogP contribution in [0.15, 0.2) is 0 Å². The lowest BCUT2D eigenvalue weighted by Gasteiger charge is -2.03. The maximum Gasteiger partial charge on any atom is 0.220 e. The van der Waals surface area contributed by atoms with E-state index in [1.54, 1.807) is 0 Å². The van der Waals surface area contributed by atoms with Gasteiger partial charge in [-0.05, 0) is 12.8 Å². The fourth-order valence-corrected chi connectivity index (χ4v) is 1.00. The van der Waals surface area contributed by atoms with E-state index in [1.165, 1.54) is 6.92 Å². The van der Waals surface area contributed by atoms with Gasteiger partial charge in [0.2, 0.25) is 17.7 Å². The highest BCUT2D eigenvalue weighted by atomic mass is 16.2. The van der Waals surface area contributed by atoms with Gasteiger partial charge in [0.15, 0.2) is 0 Å². The van der Waals surface area contributed by atoms with E-state index in [2.05, 4.69) is 10.6 Å². The highest BCUT2D eigenvalue weighted by Crippen LogP contribution is 1.83. The van der Waals surface area contributed by atoms with Gasteiger partial charge in [-0.3, -0.25) is 14.4 Å². The average Bonchev–Trinajstić information content (AvgIpc) is 2.25. The fourth-order valence-electron chi connectivity index (χ4n) is 1.00. The minimum Gasteiger partial charge on any atom is -0.370 e. The van der Waals surface area contributed by atoms with Crippen molar-refractivity contribution < 1.29 is 14.4 Å². The summed E-state index contributed by atoms with van der Waals surface area (Å²) in [6, 6.07) is 0. The van der Waals surface area contributed by atoms with Crippen LogP contribution < -0.4 is 16.4 Å². The molecule has 6 heteroatoms. The molecule has 0 fully saturated rings. The van der Waals surface area contributed by atoms with Gasteiger partial charge in [-0.2, -0.15) is 0 Å². The molecule has 0 bridgehead atoms. The zero-order valence-corrected chi connectivity index (χ0v) is 11.5. The van der Waals surface area contributed by atoms with Crippen molar-refractivity contribution >= 4 is 17.7 Å². The molecule has 0 unspecified atom stereocenters. The van der Waals surface area contributed by atoms with Crippen molar-refractivity contribution in [3.63, 3.8) is 0 Å². The van der Waals surface area contributed by atoms with Crippen molar-refractivity contribution in [2.75, 3.05) is 13.1 Å². The number of hydrogen-bond acceptors (Lipinski definition) is 3. The molecule has 0 spiro atoms. The van der Waals surface area contributed by atoms with Crippen LogP contribution in [0, 0.1) is 0 Å². The molecule has 0 aliphatic carbocycles. The summed E-state index contributed by atoms with van der Waals surface area (Å²) in [5.74, 6) is -0.236. The lowest BCUT2D eigenvalue weighted by Crippen LogP contribution is -2.33. The van der Waals surface area contributed by atoms with E-state index in [0.717, 1.165) is 12.8 Å². The van der Waals surface area contributed by atoms with Crippen molar-refractivity contribution in [3.05, 3.63) is 0 Å². The molecule has 18 heavy (non-hydrogen) atoms. The maximum absolute atomic E-state index is 10.9. The molecule has 0 atom stereocenters. The summed E-state index contributed by atoms with van der Waals surface area (Å²) in [4.78, 5) is 31.1. The third kappa shape index (κ3) is 19.9. The molecule has 0 heterocycles. The van der Waals surface area contributed by atoms with Crippen molar-refractivity contribution in [1.29, 1.82) is 0 Å². The van der Waals surface area contributed by atoms with E-state index in [-0.39, 0.29) is 17.7 Å². The first-order valence-corrected chi connectivity index (χ1v) is 6.23. The number of carbonyl (C=O) groups is 3. The summed E-state index contributed by atoms with van der Waals surface area (Å²) < 4.78 is 0. The molecule has 0 aromatic heterocycles. The summed E-state index contributed by atoms with van der Waals surface area (Å²) >= 11 is 0. The monoisotopic (exact) mass is 259 g/mol. The standard InChI is InChI=1S/C8H16N2O2.C4H9NO/c1-3-4-8(12)10-6-5-9-7(2)11;1-2-3-4(5)6/h3-6H2,1-2H3,(H,9,11)(H,10,12);2-3H2,1H3,(H2,5,6). The summed E-state index contributed by atoms with van der Waals surface area (Å²) in [7, 11) is 0. The number of nitrogens with two attached hydrogens (primary N) is 1. The highest BCUT2D eigenvalue weighted by Gasteiger charge is 1.97. The molecule has 0 radical (unpaired) electrons. The van der Waals surface area contributed by atoms with Crippen LogP contribution in [-0.4, -0.2) is 30.8 Å². The van der Waals surface area contributed by atoms with Crippen molar-refractivity contribution in [2.24, 2.45) is 5.73 Å². The van der Waals surface area contributed by atoms with Crippen LogP contribution in [0.2, 0.25) is 0 Å². The third-order valence-corrected chi connectivity index (χ3v) is 1.79. The van der Waals surface area contributed by atoms with Crippen LogP contribution in [0.4, 0.5) is 0 Å². The van der Waals surface area contributed by atoms with Crippen molar-refractivity contribution in [2.45, 2.75) is 46.5 Å². The number of hydrogen-bond donors (Lipinski definition) is 3. The van der Waals surface area contributed by atoms with Gasteiger partial charge in [-0.15, -0.1) is 0 Å². The van der Waals surface area contributed by atoms with Gasteiger partial charge in [-0.25, -0.2) is 0 Å². The predicted octanol–water partition coefficient (Wildman–Crippen LogP) is 0.311. The normalized spacial score (nSPS) is 8.83. The second kappa shape index (κ2) is 13.5. The van der Waals surface area contributed by atoms with Gasteiger partial charge >= 0.3 is 0 Å². The molecular weight excluding hydrogens is 234 g/mol. The van der Waals surface area contributed by atoms with Gasteiger partial charge in [0.25, 0.3) is 0 Å². The first kappa shape index (κ1) is 18.8. The second-order valence-electron chi connectivity index (χ2n) is 3.80. The minimum atomic E-state index is -0.211. The van der Waals surface area contributed by atoms with Crippen LogP contribution in [0.5, 0.6) is 0 Å². The largest absolute Gasteiger partial charge is 0.370 e. The minimum absolute atomic E-state index is 0.0443. The van der Waals surface area contributed by atoms with E-state index < -0.39 is 0 Å². The first-order valence-electron chi connectivity index (χ1n) is 6.23. The third-order valence-electron chi connectivity index (χ3n) is 1.79. The summed E-state index contributed by atoms with van der Waals surface area (Å²) in [6.07, 6.45) is 2.78. The zero-order valence-electron chi connectivity index (χ0n) is 11.5. The van der Waals surface area contributed by atoms with Crippen LogP contribution in [-0.2, 0) is 14.4 Å². The van der Waals surface area contributed by atoms with Crippen LogP contribution in [0.25, 0.3) is 0 Å². The number of rotatable bonds is 7. The lowest BCUT2D eigenvalue weighted by molar-refractivity contribution is -0.122. The van der Waals surface area contributed by atoms with Gasteiger partial charge in [0.1, 0.15) is 0 Å². The molecule has 0 rings (SSSR count). The smallest absolute Gasteiger partial charge is 0.220 e. The van der Waals surface area contributed by atoms with Crippen LogP contribution in [0.3, 0.4) is 0 Å². The Balaban J connectivity index is 0. The molecule has 6 nitrogen and oxygen atoms in total. The SMILES string of the molecule is CCCC(=O)NCCNC(C)=O.CCCC(N)=O. The van der Waals surface area contributed by atoms with Gasteiger partial charge in [0, 0.05) is 32.9 Å². The Hall–Kier alpha value is -1.59. The van der Waals surface area contributed by atoms with E-state index in [9.17, 15) is 14.4 Å². The van der Waals surface area contributed by atoms with Gasteiger partial charge in [0.05, 0.1) is 0 Å². The van der Waals surface area contributed by atoms with E-state index in [1.807, 2.05) is 13.8 Å². The lowest BCUT2D eigenvalue weighted by atomic mass is 10.3. The Labute approximate surface area is 109 Å². The average molecular weight is 259 g/mol. The zero-order chi connectivity index (χ0) is 14.4. The summed E-state index contributed by atoms with van der Waals surface area (Å²) in [5, 5.41) is 5.27. The molecule has 0 aromatic rings. The van der Waals surface area contributed by atoms with Crippen LogP contribution in [0.1, 0.15) is 46.5 Å². The van der Waals surface area contributed by atoms with Crippen LogP contribution >= 0.6 is 0 Å². The molecule has 3 amide bonds. The first-order chi connectivity index (χ1) is 8.43. The van der Waals surface area contributed by atoms with Crippen molar-refractivity contribution in [3.8, 4) is 0 Å². The number of primary amides is 1. The predicted molar refractivity (Wildman–Crippen MR) is 70.7 cm³/mol. The number of amides is 3. The molecule has 0 aliphatic heterocycles. The summed E-state index contributed by atoms with van der Waals surface area (Å²) in [5.41, 5.74) is 4.76. The van der Waals surface area contributed by atoms with E-state index in [4.69, 9.17) is 5.73 Å². The number of nitrogens with one attached hydrogen (secondary N) is 2. The molecule has 0 aliphatic rings. The fraction of sp³-hybridized carbons (Fsp3) is 0.750. The quantitative estimate of drug-likeness (QED) is 0.573. The molecule has 4 N–H and O–H groups in total. The van der Waals surface area contributed by atoms with Gasteiger partial charge < -0.3 is 16.4 Å². The molecule has 0 saturated carbocycles. The van der Waals surface area contributed by atoms with Crippen molar-refractivity contribution in [1.82, 2.24) is 10.6 Å². The highest BCUT2D eigenvalue weighted by molar-refractivity contribution is 5.76. The summed E-state index contributed by atoms with van der Waals surface area (Å²) in [6.45, 7) is 6.34. The number of carbonyl (C=O) groups excluding carboxylic acids is 3. The Morgan fingerprint density at radius 1 is 0.944 bits per heavy atom. The van der Waals surface area contributed by atoms with Gasteiger partial charge in [-0.1, -0.05) is 13.8 Å². The Kier molecular flexibility index (Phi) is 14.0. The maximum atomic E-state index is 10.9. The molecule has 0 saturated heterocycles. The van der Waals surface area contributed by atoms with E-state index >= 15 is 0 Å². The molecule has 0 aromatic carbocycles. The second-order valence-corrected chi connectivity index (χ2v) is 3.80. The molecule has 106 valence electrons. The molecular formula is C12H25N3O3. The Bertz CT molecular complexity index is 255. The topological polar surface area (TPSA) is 101 Å². The Morgan fingerprint density at radius 2 is 1.44 bits per heavy atom. The van der Waals surface area contributed by atoms with E-state index in [0.29, 0.717) is 25.9 Å². The Morgan fingerprint density at radius 3 is 1.78 bits per heavy atom.